The van der Waals surface area contributed by atoms with Crippen LogP contribution in [0.4, 0.5) is 0 Å². The molecule has 0 radical (unpaired) electrons. The van der Waals surface area contributed by atoms with E-state index in [-0.39, 0.29) is 0 Å². The number of aromatic amines is 1. The number of rotatable bonds is 0. The van der Waals surface area contributed by atoms with Gasteiger partial charge in [0.2, 0.25) is 0 Å². The number of ether oxygens (including phenoxy) is 1. The Morgan fingerprint density at radius 1 is 1.27 bits per heavy atom. The minimum Gasteiger partial charge on any atom is -0.381 e. The van der Waals surface area contributed by atoms with Crippen molar-refractivity contribution in [2.24, 2.45) is 11.8 Å². The molecule has 0 spiro atoms. The number of H-pyrrole nitrogens is 1. The number of pyridine rings is 1. The first-order valence-corrected chi connectivity index (χ1v) is 5.39. The summed E-state index contributed by atoms with van der Waals surface area (Å²) in [6.07, 6.45) is 5.12. The number of fused-ring (bicyclic) bond motifs is 2. The van der Waals surface area contributed by atoms with E-state index in [0.717, 1.165) is 36.1 Å². The lowest BCUT2D eigenvalue weighted by molar-refractivity contribution is 0.165. The molecule has 2 atom stereocenters. The molecular weight excluding hydrogens is 188 g/mol. The van der Waals surface area contributed by atoms with Gasteiger partial charge in [0.25, 0.3) is 0 Å². The summed E-state index contributed by atoms with van der Waals surface area (Å²) in [6, 6.07) is 5.96. The fourth-order valence-corrected chi connectivity index (χ4v) is 1.97. The van der Waals surface area contributed by atoms with Gasteiger partial charge in [-0.1, -0.05) is 0 Å². The van der Waals surface area contributed by atoms with Gasteiger partial charge in [0.1, 0.15) is 5.65 Å². The van der Waals surface area contributed by atoms with Crippen LogP contribution in [0.1, 0.15) is 6.42 Å². The highest BCUT2D eigenvalue weighted by molar-refractivity contribution is 5.74. The number of nitrogens with zero attached hydrogens (tertiary/aromatic N) is 1. The second kappa shape index (κ2) is 3.66. The van der Waals surface area contributed by atoms with Crippen LogP contribution >= 0.6 is 0 Å². The molecule has 1 aliphatic heterocycles. The third kappa shape index (κ3) is 1.88. The van der Waals surface area contributed by atoms with Crippen LogP contribution in [0, 0.1) is 11.8 Å². The minimum absolute atomic E-state index is 0.956. The average Bonchev–Trinajstić information content (AvgIpc) is 2.73. The molecule has 3 heteroatoms. The van der Waals surface area contributed by atoms with Crippen LogP contribution in [0.3, 0.4) is 0 Å². The van der Waals surface area contributed by atoms with Crippen LogP contribution in [0.2, 0.25) is 0 Å². The predicted octanol–water partition coefficient (Wildman–Crippen LogP) is 2.22. The van der Waals surface area contributed by atoms with Crippen molar-refractivity contribution < 1.29 is 4.74 Å². The van der Waals surface area contributed by atoms with Crippen LogP contribution in [0.25, 0.3) is 11.0 Å². The number of nitrogens with one attached hydrogen (secondary N) is 1. The second-order valence-electron chi connectivity index (χ2n) is 4.21. The molecule has 3 heterocycles. The van der Waals surface area contributed by atoms with Gasteiger partial charge in [-0.3, -0.25) is 0 Å². The summed E-state index contributed by atoms with van der Waals surface area (Å²) in [4.78, 5) is 7.09. The smallest absolute Gasteiger partial charge is 0.137 e. The van der Waals surface area contributed by atoms with Crippen LogP contribution in [-0.2, 0) is 4.74 Å². The van der Waals surface area contributed by atoms with Crippen LogP contribution in [0.5, 0.6) is 0 Å². The maximum Gasteiger partial charge on any atom is 0.137 e. The van der Waals surface area contributed by atoms with Crippen molar-refractivity contribution in [3.05, 3.63) is 30.6 Å². The third-order valence-corrected chi connectivity index (χ3v) is 3.05. The van der Waals surface area contributed by atoms with E-state index < -0.39 is 0 Å². The van der Waals surface area contributed by atoms with Crippen molar-refractivity contribution in [1.29, 1.82) is 0 Å². The Bertz CT molecular complexity index is 413. The molecule has 1 saturated carbocycles. The molecule has 15 heavy (non-hydrogen) atoms. The first-order valence-electron chi connectivity index (χ1n) is 5.39. The second-order valence-corrected chi connectivity index (χ2v) is 4.21. The highest BCUT2D eigenvalue weighted by atomic mass is 16.5. The fraction of sp³-hybridized carbons (Fsp3) is 0.417. The Kier molecular flexibility index (Phi) is 2.18. The van der Waals surface area contributed by atoms with Gasteiger partial charge < -0.3 is 9.72 Å². The molecule has 1 aliphatic carbocycles. The van der Waals surface area contributed by atoms with Crippen molar-refractivity contribution in [1.82, 2.24) is 9.97 Å². The summed E-state index contributed by atoms with van der Waals surface area (Å²) in [5, 5.41) is 1.16. The maximum absolute atomic E-state index is 5.11. The number of hydrogen-bond acceptors (Lipinski definition) is 2. The summed E-state index contributed by atoms with van der Waals surface area (Å²) >= 11 is 0. The van der Waals surface area contributed by atoms with E-state index in [1.165, 1.54) is 6.42 Å². The van der Waals surface area contributed by atoms with E-state index in [1.54, 1.807) is 6.20 Å². The highest BCUT2D eigenvalue weighted by Crippen LogP contribution is 2.43. The molecule has 4 rings (SSSR count). The highest BCUT2D eigenvalue weighted by Gasteiger charge is 2.41. The molecule has 0 aromatic carbocycles. The zero-order chi connectivity index (χ0) is 10.1. The molecule has 2 unspecified atom stereocenters. The molecule has 78 valence electrons. The topological polar surface area (TPSA) is 37.9 Å². The SMILES string of the molecule is C1OCC2CC12.c1cnc2[nH]ccc2c1. The lowest BCUT2D eigenvalue weighted by Gasteiger charge is -1.87. The van der Waals surface area contributed by atoms with Gasteiger partial charge in [-0.2, -0.15) is 0 Å². The third-order valence-electron chi connectivity index (χ3n) is 3.05. The van der Waals surface area contributed by atoms with Crippen molar-refractivity contribution >= 4 is 11.0 Å². The summed E-state index contributed by atoms with van der Waals surface area (Å²) in [6.45, 7) is 2.12. The molecule has 2 aromatic rings. The van der Waals surface area contributed by atoms with Crippen LogP contribution in [-0.4, -0.2) is 23.2 Å². The monoisotopic (exact) mass is 202 g/mol. The molecule has 1 saturated heterocycles. The Morgan fingerprint density at radius 3 is 2.73 bits per heavy atom. The van der Waals surface area contributed by atoms with Gasteiger partial charge in [-0.15, -0.1) is 0 Å². The summed E-state index contributed by atoms with van der Waals surface area (Å²) in [7, 11) is 0. The first kappa shape index (κ1) is 8.92. The lowest BCUT2D eigenvalue weighted by atomic mass is 10.3. The molecule has 2 aliphatic rings. The standard InChI is InChI=1S/C7H6N2.C5H8O/c1-2-6-3-5-9-7(6)8-4-1;1-4-2-6-3-5(1)4/h1-5H,(H,8,9);4-5H,1-3H2. The Balaban J connectivity index is 0.000000104. The van der Waals surface area contributed by atoms with Crippen LogP contribution in [0.15, 0.2) is 30.6 Å². The molecule has 2 aromatic heterocycles. The van der Waals surface area contributed by atoms with Crippen molar-refractivity contribution in [2.75, 3.05) is 13.2 Å². The van der Waals surface area contributed by atoms with Crippen LogP contribution < -0.4 is 0 Å². The maximum atomic E-state index is 5.11. The van der Waals surface area contributed by atoms with Crippen molar-refractivity contribution in [3.63, 3.8) is 0 Å². The Labute approximate surface area is 88.5 Å². The number of aromatic nitrogens is 2. The van der Waals surface area contributed by atoms with Gasteiger partial charge in [-0.25, -0.2) is 4.98 Å². The summed E-state index contributed by atoms with van der Waals surface area (Å²) < 4.78 is 5.11. The van der Waals surface area contributed by atoms with Gasteiger partial charge >= 0.3 is 0 Å². The Hall–Kier alpha value is -1.35. The Morgan fingerprint density at radius 2 is 2.13 bits per heavy atom. The summed E-state index contributed by atoms with van der Waals surface area (Å²) in [5.74, 6) is 1.98. The number of hydrogen-bond donors (Lipinski definition) is 1. The van der Waals surface area contributed by atoms with Crippen molar-refractivity contribution in [3.8, 4) is 0 Å². The van der Waals surface area contributed by atoms with E-state index >= 15 is 0 Å². The van der Waals surface area contributed by atoms with Gasteiger partial charge in [0.05, 0.1) is 0 Å². The zero-order valence-corrected chi connectivity index (χ0v) is 8.52. The average molecular weight is 202 g/mol. The minimum atomic E-state index is 0.956. The molecule has 0 amide bonds. The molecule has 1 N–H and O–H groups in total. The fourth-order valence-electron chi connectivity index (χ4n) is 1.97. The molecule has 2 fully saturated rings. The lowest BCUT2D eigenvalue weighted by Crippen LogP contribution is -1.86. The molecule has 3 nitrogen and oxygen atoms in total. The van der Waals surface area contributed by atoms with Gasteiger partial charge in [0.15, 0.2) is 0 Å². The predicted molar refractivity (Wildman–Crippen MR) is 58.5 cm³/mol. The zero-order valence-electron chi connectivity index (χ0n) is 8.52. The molecular formula is C12H14N2O. The van der Waals surface area contributed by atoms with Gasteiger partial charge in [-0.05, 0) is 36.5 Å². The first-order chi connectivity index (χ1) is 7.43. The normalized spacial score (nSPS) is 26.9. The van der Waals surface area contributed by atoms with E-state index in [4.69, 9.17) is 4.74 Å². The summed E-state index contributed by atoms with van der Waals surface area (Å²) in [5.41, 5.74) is 0.956. The van der Waals surface area contributed by atoms with Crippen molar-refractivity contribution in [2.45, 2.75) is 6.42 Å². The largest absolute Gasteiger partial charge is 0.381 e. The van der Waals surface area contributed by atoms with E-state index in [0.29, 0.717) is 0 Å². The van der Waals surface area contributed by atoms with E-state index in [1.807, 2.05) is 24.4 Å². The van der Waals surface area contributed by atoms with Gasteiger partial charge in [0, 0.05) is 31.0 Å². The van der Waals surface area contributed by atoms with E-state index in [9.17, 15) is 0 Å². The quantitative estimate of drug-likeness (QED) is 0.711. The van der Waals surface area contributed by atoms with E-state index in [2.05, 4.69) is 9.97 Å². The molecule has 0 bridgehead atoms.